The van der Waals surface area contributed by atoms with E-state index in [0.717, 1.165) is 11.3 Å². The molecule has 0 saturated heterocycles. The molecule has 0 aromatic heterocycles. The van der Waals surface area contributed by atoms with Gasteiger partial charge >= 0.3 is 5.97 Å². The van der Waals surface area contributed by atoms with Crippen LogP contribution in [0.3, 0.4) is 0 Å². The summed E-state index contributed by atoms with van der Waals surface area (Å²) in [6, 6.07) is 16.0. The Hall–Kier alpha value is -2.80. The topological polar surface area (TPSA) is 59.3 Å². The number of carbonyl (C=O) groups excluding carboxylic acids is 1. The Morgan fingerprint density at radius 1 is 1.05 bits per heavy atom. The largest absolute Gasteiger partial charge is 0.490 e. The van der Waals surface area contributed by atoms with Crippen molar-refractivity contribution in [1.29, 1.82) is 5.26 Å². The van der Waals surface area contributed by atoms with Crippen molar-refractivity contribution >= 4 is 5.97 Å². The van der Waals surface area contributed by atoms with Gasteiger partial charge in [-0.1, -0.05) is 17.7 Å². The molecule has 0 aliphatic carbocycles. The lowest BCUT2D eigenvalue weighted by Gasteiger charge is -2.07. The maximum Gasteiger partial charge on any atom is 0.338 e. The molecule has 0 heterocycles. The second-order valence-corrected chi connectivity index (χ2v) is 4.49. The van der Waals surface area contributed by atoms with Crippen LogP contribution >= 0.6 is 0 Å². The summed E-state index contributed by atoms with van der Waals surface area (Å²) >= 11 is 0. The molecular formula is C17H15NO3. The summed E-state index contributed by atoms with van der Waals surface area (Å²) in [4.78, 5) is 11.7. The van der Waals surface area contributed by atoms with Gasteiger partial charge in [-0.2, -0.15) is 5.26 Å². The molecule has 0 aliphatic rings. The van der Waals surface area contributed by atoms with Crippen molar-refractivity contribution < 1.29 is 14.3 Å². The third-order valence-corrected chi connectivity index (χ3v) is 2.86. The highest BCUT2D eigenvalue weighted by Gasteiger charge is 2.06. The highest BCUT2D eigenvalue weighted by Crippen LogP contribution is 2.11. The van der Waals surface area contributed by atoms with Crippen LogP contribution in [0.1, 0.15) is 21.5 Å². The number of aryl methyl sites for hydroxylation is 1. The molecule has 0 atom stereocenters. The van der Waals surface area contributed by atoms with Crippen LogP contribution in [0, 0.1) is 18.3 Å². The summed E-state index contributed by atoms with van der Waals surface area (Å²) in [5, 5.41) is 8.68. The standard InChI is InChI=1S/C17H15NO3/c1-13-2-8-16(9-3-13)20-10-11-21-17(19)15-6-4-14(12-18)5-7-15/h2-9H,10-11H2,1H3. The van der Waals surface area contributed by atoms with Crippen LogP contribution in [0.15, 0.2) is 48.5 Å². The molecule has 0 N–H and O–H groups in total. The van der Waals surface area contributed by atoms with Crippen molar-refractivity contribution in [3.63, 3.8) is 0 Å². The van der Waals surface area contributed by atoms with Gasteiger partial charge in [0.05, 0.1) is 17.2 Å². The normalized spacial score (nSPS) is 9.71. The number of ether oxygens (including phenoxy) is 2. The SMILES string of the molecule is Cc1ccc(OCCOC(=O)c2ccc(C#N)cc2)cc1. The van der Waals surface area contributed by atoms with Crippen molar-refractivity contribution in [3.8, 4) is 11.8 Å². The molecule has 0 saturated carbocycles. The Kier molecular flexibility index (Phi) is 4.94. The zero-order valence-electron chi connectivity index (χ0n) is 11.7. The molecule has 2 aromatic rings. The molecule has 0 amide bonds. The second kappa shape index (κ2) is 7.11. The van der Waals surface area contributed by atoms with Crippen LogP contribution in [0.4, 0.5) is 0 Å². The van der Waals surface area contributed by atoms with Gasteiger partial charge in [0.1, 0.15) is 19.0 Å². The van der Waals surface area contributed by atoms with Crippen LogP contribution in [-0.2, 0) is 4.74 Å². The molecule has 0 bridgehead atoms. The van der Waals surface area contributed by atoms with E-state index in [4.69, 9.17) is 14.7 Å². The van der Waals surface area contributed by atoms with Crippen molar-refractivity contribution in [1.82, 2.24) is 0 Å². The lowest BCUT2D eigenvalue weighted by molar-refractivity contribution is 0.0450. The summed E-state index contributed by atoms with van der Waals surface area (Å²) in [5.41, 5.74) is 2.09. The lowest BCUT2D eigenvalue weighted by Crippen LogP contribution is -2.12. The van der Waals surface area contributed by atoms with Gasteiger partial charge in [-0.15, -0.1) is 0 Å². The molecule has 0 aliphatic heterocycles. The van der Waals surface area contributed by atoms with Crippen molar-refractivity contribution in [2.75, 3.05) is 13.2 Å². The summed E-state index contributed by atoms with van der Waals surface area (Å²) < 4.78 is 10.6. The number of carbonyl (C=O) groups is 1. The highest BCUT2D eigenvalue weighted by molar-refractivity contribution is 5.89. The van der Waals surface area contributed by atoms with E-state index >= 15 is 0 Å². The third kappa shape index (κ3) is 4.36. The Morgan fingerprint density at radius 2 is 1.71 bits per heavy atom. The van der Waals surface area contributed by atoms with E-state index in [2.05, 4.69) is 0 Å². The highest BCUT2D eigenvalue weighted by atomic mass is 16.6. The molecule has 0 unspecified atom stereocenters. The Balaban J connectivity index is 1.76. The van der Waals surface area contributed by atoms with Gasteiger partial charge in [0.25, 0.3) is 0 Å². The van der Waals surface area contributed by atoms with Gasteiger partial charge < -0.3 is 9.47 Å². The van der Waals surface area contributed by atoms with Crippen molar-refractivity contribution in [2.24, 2.45) is 0 Å². The van der Waals surface area contributed by atoms with E-state index in [1.807, 2.05) is 37.3 Å². The number of hydrogen-bond donors (Lipinski definition) is 0. The van der Waals surface area contributed by atoms with E-state index in [0.29, 0.717) is 17.7 Å². The van der Waals surface area contributed by atoms with Crippen LogP contribution in [0.25, 0.3) is 0 Å². The molecule has 0 fully saturated rings. The number of nitrogens with zero attached hydrogens (tertiary/aromatic N) is 1. The van der Waals surface area contributed by atoms with Crippen LogP contribution < -0.4 is 4.74 Å². The van der Waals surface area contributed by atoms with Gasteiger partial charge in [-0.25, -0.2) is 4.79 Å². The lowest BCUT2D eigenvalue weighted by atomic mass is 10.1. The summed E-state index contributed by atoms with van der Waals surface area (Å²) in [7, 11) is 0. The van der Waals surface area contributed by atoms with Gasteiger partial charge in [0.15, 0.2) is 0 Å². The number of hydrogen-bond acceptors (Lipinski definition) is 4. The molecule has 21 heavy (non-hydrogen) atoms. The molecule has 2 aromatic carbocycles. The molecule has 2 rings (SSSR count). The van der Waals surface area contributed by atoms with Gasteiger partial charge in [-0.3, -0.25) is 0 Å². The smallest absolute Gasteiger partial charge is 0.338 e. The average molecular weight is 281 g/mol. The average Bonchev–Trinajstić information content (AvgIpc) is 2.53. The van der Waals surface area contributed by atoms with Crippen LogP contribution in [0.2, 0.25) is 0 Å². The van der Waals surface area contributed by atoms with Gasteiger partial charge in [0, 0.05) is 0 Å². The summed E-state index contributed by atoms with van der Waals surface area (Å²) in [6.07, 6.45) is 0. The summed E-state index contributed by atoms with van der Waals surface area (Å²) in [6.45, 7) is 2.47. The van der Waals surface area contributed by atoms with E-state index in [-0.39, 0.29) is 6.61 Å². The van der Waals surface area contributed by atoms with Gasteiger partial charge in [0.2, 0.25) is 0 Å². The van der Waals surface area contributed by atoms with Crippen LogP contribution in [0.5, 0.6) is 5.75 Å². The second-order valence-electron chi connectivity index (χ2n) is 4.49. The predicted octanol–water partition coefficient (Wildman–Crippen LogP) is 3.10. The first kappa shape index (κ1) is 14.6. The minimum atomic E-state index is -0.424. The fourth-order valence-corrected chi connectivity index (χ4v) is 1.69. The van der Waals surface area contributed by atoms with Crippen molar-refractivity contribution in [3.05, 3.63) is 65.2 Å². The fourth-order valence-electron chi connectivity index (χ4n) is 1.69. The van der Waals surface area contributed by atoms with E-state index in [1.54, 1.807) is 24.3 Å². The first-order valence-electron chi connectivity index (χ1n) is 6.56. The Morgan fingerprint density at radius 3 is 2.33 bits per heavy atom. The quantitative estimate of drug-likeness (QED) is 0.624. The first-order chi connectivity index (χ1) is 10.2. The number of benzene rings is 2. The van der Waals surface area contributed by atoms with E-state index < -0.39 is 5.97 Å². The minimum Gasteiger partial charge on any atom is -0.490 e. The van der Waals surface area contributed by atoms with Crippen molar-refractivity contribution in [2.45, 2.75) is 6.92 Å². The fraction of sp³-hybridized carbons (Fsp3) is 0.176. The predicted molar refractivity (Wildman–Crippen MR) is 78.1 cm³/mol. The zero-order chi connectivity index (χ0) is 15.1. The minimum absolute atomic E-state index is 0.173. The number of esters is 1. The summed E-state index contributed by atoms with van der Waals surface area (Å²) in [5.74, 6) is 0.321. The van der Waals surface area contributed by atoms with E-state index in [9.17, 15) is 4.79 Å². The maximum absolute atomic E-state index is 11.7. The first-order valence-corrected chi connectivity index (χ1v) is 6.56. The molecule has 0 spiro atoms. The molecule has 106 valence electrons. The molecule has 4 nitrogen and oxygen atoms in total. The molecular weight excluding hydrogens is 266 g/mol. The molecule has 4 heteroatoms. The Labute approximate surface area is 123 Å². The Bertz CT molecular complexity index is 639. The van der Waals surface area contributed by atoms with Gasteiger partial charge in [-0.05, 0) is 43.3 Å². The molecule has 0 radical (unpaired) electrons. The zero-order valence-corrected chi connectivity index (χ0v) is 11.7. The number of rotatable bonds is 5. The third-order valence-electron chi connectivity index (χ3n) is 2.86. The monoisotopic (exact) mass is 281 g/mol. The number of nitriles is 1. The van der Waals surface area contributed by atoms with E-state index in [1.165, 1.54) is 0 Å². The maximum atomic E-state index is 11.7. The van der Waals surface area contributed by atoms with Crippen LogP contribution in [-0.4, -0.2) is 19.2 Å².